The molecule has 2 heterocycles. The first-order valence-corrected chi connectivity index (χ1v) is 6.81. The molecule has 2 fully saturated rings. The van der Waals surface area contributed by atoms with E-state index in [0.29, 0.717) is 12.0 Å². The van der Waals surface area contributed by atoms with E-state index in [4.69, 9.17) is 9.47 Å². The summed E-state index contributed by atoms with van der Waals surface area (Å²) in [5.41, 5.74) is 0.158. The summed E-state index contributed by atoms with van der Waals surface area (Å²) >= 11 is 0. The lowest BCUT2D eigenvalue weighted by Gasteiger charge is -2.55. The number of hydrogen-bond acceptors (Lipinski definition) is 2. The molecule has 2 aliphatic rings. The van der Waals surface area contributed by atoms with E-state index in [2.05, 4.69) is 27.7 Å². The first-order chi connectivity index (χ1) is 7.50. The van der Waals surface area contributed by atoms with E-state index in [-0.39, 0.29) is 11.2 Å². The van der Waals surface area contributed by atoms with Gasteiger partial charge in [-0.3, -0.25) is 0 Å². The highest BCUT2D eigenvalue weighted by molar-refractivity contribution is 5.01. The van der Waals surface area contributed by atoms with Crippen molar-refractivity contribution in [3.8, 4) is 0 Å². The Labute approximate surface area is 99.7 Å². The van der Waals surface area contributed by atoms with Crippen molar-refractivity contribution in [3.63, 3.8) is 0 Å². The molecule has 0 unspecified atom stereocenters. The highest BCUT2D eigenvalue weighted by Gasteiger charge is 2.51. The van der Waals surface area contributed by atoms with Crippen LogP contribution in [0.3, 0.4) is 0 Å². The molecule has 2 nitrogen and oxygen atoms in total. The average Bonchev–Trinajstić information content (AvgIpc) is 2.15. The van der Waals surface area contributed by atoms with Gasteiger partial charge in [0, 0.05) is 19.4 Å². The summed E-state index contributed by atoms with van der Waals surface area (Å²) in [4.78, 5) is 0. The second-order valence-electron chi connectivity index (χ2n) is 6.11. The fraction of sp³-hybridized carbons (Fsp3) is 1.00. The molecule has 2 heteroatoms. The van der Waals surface area contributed by atoms with E-state index >= 15 is 0 Å². The van der Waals surface area contributed by atoms with Crippen molar-refractivity contribution >= 4 is 0 Å². The maximum atomic E-state index is 6.46. The zero-order valence-corrected chi connectivity index (χ0v) is 11.2. The molecule has 2 bridgehead atoms. The Kier molecular flexibility index (Phi) is 3.33. The molecule has 0 amide bonds. The first kappa shape index (κ1) is 12.4. The fourth-order valence-corrected chi connectivity index (χ4v) is 3.58. The van der Waals surface area contributed by atoms with Gasteiger partial charge in [0.2, 0.25) is 0 Å². The molecule has 2 saturated heterocycles. The SMILES string of the molecule is CCO[C@H]1C[C@]2(C)CCC[C@](C(C)C)(C1)O2. The van der Waals surface area contributed by atoms with Crippen LogP contribution in [0.15, 0.2) is 0 Å². The monoisotopic (exact) mass is 226 g/mol. The van der Waals surface area contributed by atoms with Crippen molar-refractivity contribution in [1.29, 1.82) is 0 Å². The van der Waals surface area contributed by atoms with Gasteiger partial charge >= 0.3 is 0 Å². The van der Waals surface area contributed by atoms with Crippen LogP contribution >= 0.6 is 0 Å². The smallest absolute Gasteiger partial charge is 0.0737 e. The van der Waals surface area contributed by atoms with Crippen molar-refractivity contribution in [1.82, 2.24) is 0 Å². The Morgan fingerprint density at radius 3 is 2.69 bits per heavy atom. The standard InChI is InChI=1S/C14H26O2/c1-5-15-12-9-13(4)7-6-8-14(10-12,16-13)11(2)3/h11-12H,5-10H2,1-4H3/t12-,13-,14+/m0/s1. The van der Waals surface area contributed by atoms with Crippen LogP contribution in [-0.4, -0.2) is 23.9 Å². The summed E-state index contributed by atoms with van der Waals surface area (Å²) in [6, 6.07) is 0. The Morgan fingerprint density at radius 1 is 1.31 bits per heavy atom. The molecule has 0 saturated carbocycles. The first-order valence-electron chi connectivity index (χ1n) is 6.81. The third-order valence-electron chi connectivity index (χ3n) is 4.44. The van der Waals surface area contributed by atoms with E-state index in [9.17, 15) is 0 Å². The fourth-order valence-electron chi connectivity index (χ4n) is 3.58. The zero-order chi connectivity index (χ0) is 11.8. The summed E-state index contributed by atoms with van der Waals surface area (Å²) < 4.78 is 12.3. The van der Waals surface area contributed by atoms with Gasteiger partial charge in [0.1, 0.15) is 0 Å². The molecule has 0 N–H and O–H groups in total. The topological polar surface area (TPSA) is 18.5 Å². The normalized spacial score (nSPS) is 43.7. The summed E-state index contributed by atoms with van der Waals surface area (Å²) in [5, 5.41) is 0. The summed E-state index contributed by atoms with van der Waals surface area (Å²) in [7, 11) is 0. The van der Waals surface area contributed by atoms with Gasteiger partial charge in [0.05, 0.1) is 17.3 Å². The Morgan fingerprint density at radius 2 is 2.06 bits per heavy atom. The van der Waals surface area contributed by atoms with E-state index < -0.39 is 0 Å². The van der Waals surface area contributed by atoms with Crippen molar-refractivity contribution < 1.29 is 9.47 Å². The van der Waals surface area contributed by atoms with E-state index in [1.807, 2.05) is 0 Å². The quantitative estimate of drug-likeness (QED) is 0.733. The van der Waals surface area contributed by atoms with Crippen LogP contribution in [0, 0.1) is 5.92 Å². The van der Waals surface area contributed by atoms with E-state index in [1.54, 1.807) is 0 Å². The van der Waals surface area contributed by atoms with Gasteiger partial charge < -0.3 is 9.47 Å². The van der Waals surface area contributed by atoms with Crippen LogP contribution in [0.2, 0.25) is 0 Å². The lowest BCUT2D eigenvalue weighted by molar-refractivity contribution is -0.258. The lowest BCUT2D eigenvalue weighted by atomic mass is 9.70. The molecule has 16 heavy (non-hydrogen) atoms. The molecular formula is C14H26O2. The minimum absolute atomic E-state index is 0.0700. The summed E-state index contributed by atoms with van der Waals surface area (Å²) in [5.74, 6) is 0.593. The highest BCUT2D eigenvalue weighted by Crippen LogP contribution is 2.49. The van der Waals surface area contributed by atoms with E-state index in [0.717, 1.165) is 19.4 Å². The summed E-state index contributed by atoms with van der Waals surface area (Å²) in [6.07, 6.45) is 6.30. The van der Waals surface area contributed by atoms with E-state index in [1.165, 1.54) is 19.3 Å². The van der Waals surface area contributed by atoms with Crippen molar-refractivity contribution in [3.05, 3.63) is 0 Å². The van der Waals surface area contributed by atoms with Crippen LogP contribution in [-0.2, 0) is 9.47 Å². The molecule has 2 rings (SSSR count). The van der Waals surface area contributed by atoms with Crippen molar-refractivity contribution in [2.75, 3.05) is 6.61 Å². The second kappa shape index (κ2) is 4.30. The summed E-state index contributed by atoms with van der Waals surface area (Å²) in [6.45, 7) is 9.78. The largest absolute Gasteiger partial charge is 0.378 e. The van der Waals surface area contributed by atoms with Gasteiger partial charge in [0.25, 0.3) is 0 Å². The Bertz CT molecular complexity index is 251. The molecule has 0 aliphatic carbocycles. The van der Waals surface area contributed by atoms with Crippen molar-refractivity contribution in [2.24, 2.45) is 5.92 Å². The van der Waals surface area contributed by atoms with Gasteiger partial charge in [-0.15, -0.1) is 0 Å². The van der Waals surface area contributed by atoms with Crippen LogP contribution in [0.25, 0.3) is 0 Å². The molecule has 0 aromatic carbocycles. The third-order valence-corrected chi connectivity index (χ3v) is 4.44. The molecule has 94 valence electrons. The number of ether oxygens (including phenoxy) is 2. The lowest BCUT2D eigenvalue weighted by Crippen LogP contribution is -2.57. The van der Waals surface area contributed by atoms with Gasteiger partial charge in [-0.25, -0.2) is 0 Å². The average molecular weight is 226 g/mol. The van der Waals surface area contributed by atoms with Crippen molar-refractivity contribution in [2.45, 2.75) is 77.1 Å². The van der Waals surface area contributed by atoms with Crippen LogP contribution in [0.5, 0.6) is 0 Å². The molecule has 0 radical (unpaired) electrons. The Hall–Kier alpha value is -0.0800. The molecule has 0 spiro atoms. The number of rotatable bonds is 3. The predicted octanol–water partition coefficient (Wildman–Crippen LogP) is 3.54. The van der Waals surface area contributed by atoms with Gasteiger partial charge in [-0.1, -0.05) is 13.8 Å². The van der Waals surface area contributed by atoms with Crippen LogP contribution < -0.4 is 0 Å². The highest BCUT2D eigenvalue weighted by atomic mass is 16.5. The molecule has 0 aromatic heterocycles. The molecule has 2 aliphatic heterocycles. The molecule has 0 aromatic rings. The Balaban J connectivity index is 2.18. The maximum Gasteiger partial charge on any atom is 0.0737 e. The predicted molar refractivity (Wildman–Crippen MR) is 65.6 cm³/mol. The number of hydrogen-bond donors (Lipinski definition) is 0. The number of fused-ring (bicyclic) bond motifs is 2. The molecule has 3 atom stereocenters. The maximum absolute atomic E-state index is 6.46. The third kappa shape index (κ3) is 2.14. The van der Waals surface area contributed by atoms with Gasteiger partial charge in [-0.2, -0.15) is 0 Å². The van der Waals surface area contributed by atoms with Gasteiger partial charge in [0.15, 0.2) is 0 Å². The zero-order valence-electron chi connectivity index (χ0n) is 11.2. The van der Waals surface area contributed by atoms with Crippen LogP contribution in [0.4, 0.5) is 0 Å². The molecular weight excluding hydrogens is 200 g/mol. The minimum Gasteiger partial charge on any atom is -0.378 e. The second-order valence-corrected chi connectivity index (χ2v) is 6.11. The minimum atomic E-state index is 0.0700. The van der Waals surface area contributed by atoms with Gasteiger partial charge in [-0.05, 0) is 39.0 Å². The van der Waals surface area contributed by atoms with Crippen LogP contribution in [0.1, 0.15) is 59.8 Å².